The van der Waals surface area contributed by atoms with Crippen molar-refractivity contribution in [1.82, 2.24) is 0 Å². The molecule has 0 atom stereocenters. The van der Waals surface area contributed by atoms with Crippen molar-refractivity contribution >= 4 is 50.0 Å². The van der Waals surface area contributed by atoms with Crippen molar-refractivity contribution in [2.45, 2.75) is 6.42 Å². The molecule has 0 saturated heterocycles. The Balaban J connectivity index is 1.33. The van der Waals surface area contributed by atoms with Crippen molar-refractivity contribution in [3.05, 3.63) is 212 Å². The van der Waals surface area contributed by atoms with Crippen LogP contribution in [0.4, 0.5) is 28.4 Å². The molecule has 0 spiro atoms. The predicted octanol–water partition coefficient (Wildman–Crippen LogP) is 13.9. The summed E-state index contributed by atoms with van der Waals surface area (Å²) in [6, 6.07) is 60.4. The normalized spacial score (nSPS) is 12.5. The molecule has 52 heavy (non-hydrogen) atoms. The first kappa shape index (κ1) is 31.2. The molecule has 0 saturated carbocycles. The van der Waals surface area contributed by atoms with E-state index in [1.165, 1.54) is 16.5 Å². The molecule has 1 aliphatic carbocycles. The molecular weight excluding hydrogens is 633 g/mol. The van der Waals surface area contributed by atoms with E-state index in [1.807, 2.05) is 6.07 Å². The minimum absolute atomic E-state index is 0.805. The Morgan fingerprint density at radius 2 is 1.00 bits per heavy atom. The number of anilines is 5. The summed E-state index contributed by atoms with van der Waals surface area (Å²) < 4.78 is 6.26. The van der Waals surface area contributed by atoms with Gasteiger partial charge in [0.2, 0.25) is 0 Å². The summed E-state index contributed by atoms with van der Waals surface area (Å²) in [5.74, 6) is 0.827. The highest BCUT2D eigenvalue weighted by Gasteiger charge is 2.25. The SMILES string of the molecule is C1=CC=C(N(c2ccccc2)c2cc(-c3ccco3)c(-c3ccc(N(c4ccccc4)c4ccccc4)c4ccccc34)c3ccccc23)CC=C1. The fourth-order valence-corrected chi connectivity index (χ4v) is 7.50. The summed E-state index contributed by atoms with van der Waals surface area (Å²) in [6.07, 6.45) is 13.4. The first-order valence-electron chi connectivity index (χ1n) is 17.7. The molecule has 0 radical (unpaired) electrons. The number of allylic oxidation sites excluding steroid dienone is 5. The third-order valence-corrected chi connectivity index (χ3v) is 9.77. The minimum atomic E-state index is 0.805. The van der Waals surface area contributed by atoms with Gasteiger partial charge >= 0.3 is 0 Å². The van der Waals surface area contributed by atoms with Gasteiger partial charge < -0.3 is 14.2 Å². The number of rotatable bonds is 8. The molecule has 0 amide bonds. The lowest BCUT2D eigenvalue weighted by molar-refractivity contribution is 0.582. The first-order valence-corrected chi connectivity index (χ1v) is 17.7. The van der Waals surface area contributed by atoms with E-state index in [-0.39, 0.29) is 0 Å². The third kappa shape index (κ3) is 5.69. The highest BCUT2D eigenvalue weighted by molar-refractivity contribution is 6.16. The van der Waals surface area contributed by atoms with Crippen molar-refractivity contribution in [2.24, 2.45) is 0 Å². The Labute approximate surface area is 304 Å². The molecule has 0 bridgehead atoms. The molecule has 0 unspecified atom stereocenters. The molecule has 248 valence electrons. The Hall–Kier alpha value is -6.84. The van der Waals surface area contributed by atoms with E-state index in [1.54, 1.807) is 6.26 Å². The summed E-state index contributed by atoms with van der Waals surface area (Å²) in [5.41, 5.74) is 10.1. The maximum Gasteiger partial charge on any atom is 0.134 e. The lowest BCUT2D eigenvalue weighted by Crippen LogP contribution is -2.17. The fourth-order valence-electron chi connectivity index (χ4n) is 7.50. The molecule has 3 heteroatoms. The van der Waals surface area contributed by atoms with Crippen molar-refractivity contribution in [3.8, 4) is 22.5 Å². The summed E-state index contributed by atoms with van der Waals surface area (Å²) in [5, 5.41) is 4.66. The van der Waals surface area contributed by atoms with E-state index in [0.29, 0.717) is 0 Å². The number of hydrogen-bond acceptors (Lipinski definition) is 3. The highest BCUT2D eigenvalue weighted by atomic mass is 16.3. The summed E-state index contributed by atoms with van der Waals surface area (Å²) in [7, 11) is 0. The van der Waals surface area contributed by atoms with Gasteiger partial charge in [0.25, 0.3) is 0 Å². The average Bonchev–Trinajstić information content (AvgIpc) is 3.63. The zero-order chi connectivity index (χ0) is 34.7. The standard InChI is InChI=1S/C49H36N2O/c1-2-7-20-38(19-6-1)51(39-25-12-5-13-26-39)47-35-45(48-31-18-34-52-48)49(43-30-17-16-29-42(43)47)44-32-33-46(41-28-15-14-27-40(41)44)50(36-21-8-3-9-22-36)37-23-10-4-11-24-37/h1-19,21-35H,20H2. The van der Waals surface area contributed by atoms with Gasteiger partial charge in [-0.1, -0.05) is 133 Å². The van der Waals surface area contributed by atoms with Crippen LogP contribution in [-0.4, -0.2) is 0 Å². The number of para-hydroxylation sites is 3. The number of fused-ring (bicyclic) bond motifs is 2. The van der Waals surface area contributed by atoms with E-state index >= 15 is 0 Å². The van der Waals surface area contributed by atoms with Gasteiger partial charge in [-0.2, -0.15) is 0 Å². The molecule has 3 nitrogen and oxygen atoms in total. The molecular formula is C49H36N2O. The first-order chi connectivity index (χ1) is 25.8. The maximum absolute atomic E-state index is 6.26. The van der Waals surface area contributed by atoms with Crippen LogP contribution >= 0.6 is 0 Å². The van der Waals surface area contributed by atoms with Gasteiger partial charge in [-0.25, -0.2) is 0 Å². The molecule has 9 rings (SSSR count). The van der Waals surface area contributed by atoms with Crippen LogP contribution in [-0.2, 0) is 0 Å². The average molecular weight is 669 g/mol. The van der Waals surface area contributed by atoms with Gasteiger partial charge in [0.05, 0.1) is 17.6 Å². The van der Waals surface area contributed by atoms with Crippen LogP contribution in [0.1, 0.15) is 6.42 Å². The number of furan rings is 1. The second kappa shape index (κ2) is 13.8. The molecule has 0 fully saturated rings. The number of hydrogen-bond donors (Lipinski definition) is 0. The van der Waals surface area contributed by atoms with Crippen LogP contribution in [0.5, 0.6) is 0 Å². The second-order valence-electron chi connectivity index (χ2n) is 12.9. The Kier molecular flexibility index (Phi) is 8.28. The molecule has 8 aromatic rings. The zero-order valence-corrected chi connectivity index (χ0v) is 28.6. The third-order valence-electron chi connectivity index (χ3n) is 9.77. The maximum atomic E-state index is 6.26. The van der Waals surface area contributed by atoms with E-state index in [2.05, 4.69) is 204 Å². The van der Waals surface area contributed by atoms with Gasteiger partial charge in [0, 0.05) is 51.1 Å². The fraction of sp³-hybridized carbons (Fsp3) is 0.0204. The van der Waals surface area contributed by atoms with Crippen molar-refractivity contribution < 1.29 is 4.42 Å². The highest BCUT2D eigenvalue weighted by Crippen LogP contribution is 2.49. The summed E-state index contributed by atoms with van der Waals surface area (Å²) >= 11 is 0. The van der Waals surface area contributed by atoms with Crippen LogP contribution < -0.4 is 9.80 Å². The Bertz CT molecular complexity index is 2550. The largest absolute Gasteiger partial charge is 0.464 e. The van der Waals surface area contributed by atoms with E-state index in [4.69, 9.17) is 4.42 Å². The van der Waals surface area contributed by atoms with Gasteiger partial charge in [0.1, 0.15) is 5.76 Å². The van der Waals surface area contributed by atoms with Crippen molar-refractivity contribution in [1.29, 1.82) is 0 Å². The number of nitrogens with zero attached hydrogens (tertiary/aromatic N) is 2. The van der Waals surface area contributed by atoms with Crippen LogP contribution in [0.3, 0.4) is 0 Å². The smallest absolute Gasteiger partial charge is 0.134 e. The lowest BCUT2D eigenvalue weighted by atomic mass is 9.87. The van der Waals surface area contributed by atoms with Gasteiger partial charge in [-0.15, -0.1) is 0 Å². The van der Waals surface area contributed by atoms with Crippen LogP contribution in [0.15, 0.2) is 217 Å². The number of benzene rings is 7. The van der Waals surface area contributed by atoms with E-state index < -0.39 is 0 Å². The van der Waals surface area contributed by atoms with Crippen LogP contribution in [0.25, 0.3) is 44.0 Å². The molecule has 1 aromatic heterocycles. The molecule has 7 aromatic carbocycles. The molecule has 1 heterocycles. The van der Waals surface area contributed by atoms with Crippen LogP contribution in [0.2, 0.25) is 0 Å². The van der Waals surface area contributed by atoms with Crippen LogP contribution in [0, 0.1) is 0 Å². The predicted molar refractivity (Wildman–Crippen MR) is 219 cm³/mol. The van der Waals surface area contributed by atoms with Gasteiger partial charge in [0.15, 0.2) is 0 Å². The lowest BCUT2D eigenvalue weighted by Gasteiger charge is -2.30. The van der Waals surface area contributed by atoms with E-state index in [9.17, 15) is 0 Å². The molecule has 1 aliphatic rings. The quantitative estimate of drug-likeness (QED) is 0.161. The monoisotopic (exact) mass is 668 g/mol. The summed E-state index contributed by atoms with van der Waals surface area (Å²) in [4.78, 5) is 4.75. The Morgan fingerprint density at radius 1 is 0.423 bits per heavy atom. The van der Waals surface area contributed by atoms with Gasteiger partial charge in [-0.05, 0) is 83.1 Å². The second-order valence-corrected chi connectivity index (χ2v) is 12.9. The van der Waals surface area contributed by atoms with Gasteiger partial charge in [-0.3, -0.25) is 0 Å². The van der Waals surface area contributed by atoms with Crippen molar-refractivity contribution in [3.63, 3.8) is 0 Å². The topological polar surface area (TPSA) is 19.6 Å². The van der Waals surface area contributed by atoms with E-state index in [0.717, 1.165) is 68.1 Å². The minimum Gasteiger partial charge on any atom is -0.464 e. The molecule has 0 N–H and O–H groups in total. The molecule has 0 aliphatic heterocycles. The van der Waals surface area contributed by atoms with Crippen molar-refractivity contribution in [2.75, 3.05) is 9.80 Å². The Morgan fingerprint density at radius 3 is 1.63 bits per heavy atom. The summed E-state index contributed by atoms with van der Waals surface area (Å²) in [6.45, 7) is 0. The zero-order valence-electron chi connectivity index (χ0n) is 28.6.